The molecule has 0 saturated carbocycles. The number of ether oxygens (including phenoxy) is 2. The lowest BCUT2D eigenvalue weighted by molar-refractivity contribution is -0.145. The van der Waals surface area contributed by atoms with Crippen molar-refractivity contribution in [2.24, 2.45) is 0 Å². The van der Waals surface area contributed by atoms with Gasteiger partial charge in [0.2, 0.25) is 5.91 Å². The molecule has 0 radical (unpaired) electrons. The van der Waals surface area contributed by atoms with Crippen molar-refractivity contribution in [3.8, 4) is 5.75 Å². The maximum atomic E-state index is 12.3. The van der Waals surface area contributed by atoms with Gasteiger partial charge in [-0.05, 0) is 31.5 Å². The molecule has 0 saturated heterocycles. The Morgan fingerprint density at radius 1 is 0.844 bits per heavy atom. The van der Waals surface area contributed by atoms with Crippen molar-refractivity contribution in [2.45, 2.75) is 104 Å². The van der Waals surface area contributed by atoms with Crippen molar-refractivity contribution < 1.29 is 19.1 Å². The van der Waals surface area contributed by atoms with Crippen LogP contribution in [0.2, 0.25) is 0 Å². The number of hydrogen-bond donors (Lipinski definition) is 2. The molecule has 0 aliphatic rings. The van der Waals surface area contributed by atoms with Crippen molar-refractivity contribution in [1.29, 1.82) is 0 Å². The fourth-order valence-electron chi connectivity index (χ4n) is 3.63. The summed E-state index contributed by atoms with van der Waals surface area (Å²) in [5, 5.41) is 2.85. The van der Waals surface area contributed by atoms with E-state index in [-0.39, 0.29) is 12.5 Å². The fourth-order valence-corrected chi connectivity index (χ4v) is 3.63. The van der Waals surface area contributed by atoms with Crippen LogP contribution in [0.3, 0.4) is 0 Å². The SMILES string of the molecule is CCCCCCCCCCCCCCCC(=O)Nc1cc(N)ccc1OCC(=O)OCC. The van der Waals surface area contributed by atoms with Crippen LogP contribution in [-0.2, 0) is 14.3 Å². The first-order valence-electron chi connectivity index (χ1n) is 12.5. The van der Waals surface area contributed by atoms with Gasteiger partial charge in [-0.3, -0.25) is 4.79 Å². The first-order chi connectivity index (χ1) is 15.6. The molecule has 0 unspecified atom stereocenters. The van der Waals surface area contributed by atoms with E-state index in [4.69, 9.17) is 15.2 Å². The highest BCUT2D eigenvalue weighted by molar-refractivity contribution is 5.93. The van der Waals surface area contributed by atoms with Crippen LogP contribution in [0.5, 0.6) is 5.75 Å². The van der Waals surface area contributed by atoms with Gasteiger partial charge in [-0.15, -0.1) is 0 Å². The maximum Gasteiger partial charge on any atom is 0.344 e. The molecular formula is C26H44N2O4. The summed E-state index contributed by atoms with van der Waals surface area (Å²) in [7, 11) is 0. The minimum Gasteiger partial charge on any atom is -0.480 e. The van der Waals surface area contributed by atoms with E-state index in [2.05, 4.69) is 12.2 Å². The molecule has 0 spiro atoms. The molecule has 1 aromatic carbocycles. The Kier molecular flexibility index (Phi) is 15.9. The Morgan fingerprint density at radius 3 is 1.97 bits per heavy atom. The number of anilines is 2. The van der Waals surface area contributed by atoms with Crippen LogP contribution in [-0.4, -0.2) is 25.1 Å². The van der Waals surface area contributed by atoms with E-state index in [1.807, 2.05) is 0 Å². The Hall–Kier alpha value is -2.24. The number of nitrogen functional groups attached to an aromatic ring is 1. The second-order valence-electron chi connectivity index (χ2n) is 8.39. The zero-order valence-electron chi connectivity index (χ0n) is 20.3. The third-order valence-corrected chi connectivity index (χ3v) is 5.44. The highest BCUT2D eigenvalue weighted by Crippen LogP contribution is 2.27. The summed E-state index contributed by atoms with van der Waals surface area (Å²) in [6.07, 6.45) is 17.0. The normalized spacial score (nSPS) is 10.7. The number of hydrogen-bond acceptors (Lipinski definition) is 5. The summed E-state index contributed by atoms with van der Waals surface area (Å²) in [4.78, 5) is 23.8. The summed E-state index contributed by atoms with van der Waals surface area (Å²) in [5.74, 6) is -0.112. The minimum atomic E-state index is -0.450. The van der Waals surface area contributed by atoms with Gasteiger partial charge in [-0.2, -0.15) is 0 Å². The van der Waals surface area contributed by atoms with E-state index >= 15 is 0 Å². The number of esters is 1. The van der Waals surface area contributed by atoms with E-state index in [9.17, 15) is 9.59 Å². The Bertz CT molecular complexity index is 649. The smallest absolute Gasteiger partial charge is 0.344 e. The van der Waals surface area contributed by atoms with E-state index in [0.717, 1.165) is 12.8 Å². The standard InChI is InChI=1S/C26H44N2O4/c1-3-5-6-7-8-9-10-11-12-13-14-15-16-17-25(29)28-23-20-22(27)18-19-24(23)32-21-26(30)31-4-2/h18-20H,3-17,21,27H2,1-2H3,(H,28,29). The fraction of sp³-hybridized carbons (Fsp3) is 0.692. The van der Waals surface area contributed by atoms with Gasteiger partial charge in [0.05, 0.1) is 12.3 Å². The molecule has 6 heteroatoms. The molecule has 0 fully saturated rings. The molecule has 0 aromatic heterocycles. The largest absolute Gasteiger partial charge is 0.480 e. The van der Waals surface area contributed by atoms with E-state index in [1.54, 1.807) is 25.1 Å². The van der Waals surface area contributed by atoms with E-state index < -0.39 is 5.97 Å². The number of rotatable bonds is 19. The number of nitrogens with two attached hydrogens (primary N) is 1. The van der Waals surface area contributed by atoms with E-state index in [1.165, 1.54) is 70.6 Å². The zero-order chi connectivity index (χ0) is 23.4. The van der Waals surface area contributed by atoms with Crippen molar-refractivity contribution >= 4 is 23.3 Å². The summed E-state index contributed by atoms with van der Waals surface area (Å²) in [6, 6.07) is 4.96. The topological polar surface area (TPSA) is 90.7 Å². The number of carbonyl (C=O) groups is 2. The van der Waals surface area contributed by atoms with Crippen molar-refractivity contribution in [1.82, 2.24) is 0 Å². The van der Waals surface area contributed by atoms with E-state index in [0.29, 0.717) is 30.2 Å². The molecule has 1 rings (SSSR count). The minimum absolute atomic E-state index is 0.0698. The van der Waals surface area contributed by atoms with Gasteiger partial charge < -0.3 is 20.5 Å². The molecule has 1 amide bonds. The number of nitrogens with one attached hydrogen (secondary N) is 1. The van der Waals surface area contributed by atoms with Crippen LogP contribution in [0.4, 0.5) is 11.4 Å². The zero-order valence-corrected chi connectivity index (χ0v) is 20.3. The van der Waals surface area contributed by atoms with Crippen LogP contribution in [0.25, 0.3) is 0 Å². The molecule has 0 aliphatic heterocycles. The highest BCUT2D eigenvalue weighted by atomic mass is 16.6. The van der Waals surface area contributed by atoms with Gasteiger partial charge in [0, 0.05) is 12.1 Å². The van der Waals surface area contributed by atoms with Gasteiger partial charge >= 0.3 is 5.97 Å². The Balaban J connectivity index is 2.15. The number of carbonyl (C=O) groups excluding carboxylic acids is 2. The monoisotopic (exact) mass is 448 g/mol. The molecule has 32 heavy (non-hydrogen) atoms. The van der Waals surface area contributed by atoms with Crippen LogP contribution in [0.15, 0.2) is 18.2 Å². The lowest BCUT2D eigenvalue weighted by atomic mass is 10.0. The maximum absolute atomic E-state index is 12.3. The molecule has 182 valence electrons. The predicted molar refractivity (Wildman–Crippen MR) is 132 cm³/mol. The molecular weight excluding hydrogens is 404 g/mol. The summed E-state index contributed by atoms with van der Waals surface area (Å²) in [6.45, 7) is 4.09. The van der Waals surface area contributed by atoms with Crippen LogP contribution < -0.4 is 15.8 Å². The van der Waals surface area contributed by atoms with Crippen LogP contribution in [0, 0.1) is 0 Å². The van der Waals surface area contributed by atoms with Gasteiger partial charge in [0.1, 0.15) is 5.75 Å². The average Bonchev–Trinajstić information content (AvgIpc) is 2.76. The summed E-state index contributed by atoms with van der Waals surface area (Å²) >= 11 is 0. The van der Waals surface area contributed by atoms with Gasteiger partial charge in [-0.25, -0.2) is 4.79 Å². The van der Waals surface area contributed by atoms with Crippen molar-refractivity contribution in [3.05, 3.63) is 18.2 Å². The Morgan fingerprint density at radius 2 is 1.41 bits per heavy atom. The highest BCUT2D eigenvalue weighted by Gasteiger charge is 2.11. The molecule has 0 atom stereocenters. The third kappa shape index (κ3) is 13.9. The summed E-state index contributed by atoms with van der Waals surface area (Å²) in [5.41, 5.74) is 6.83. The average molecular weight is 449 g/mol. The molecule has 3 N–H and O–H groups in total. The first kappa shape index (κ1) is 27.8. The van der Waals surface area contributed by atoms with Gasteiger partial charge in [0.15, 0.2) is 6.61 Å². The lowest BCUT2D eigenvalue weighted by Gasteiger charge is -2.13. The molecule has 0 aliphatic carbocycles. The number of amides is 1. The molecule has 1 aromatic rings. The second kappa shape index (κ2) is 18.3. The third-order valence-electron chi connectivity index (χ3n) is 5.44. The summed E-state index contributed by atoms with van der Waals surface area (Å²) < 4.78 is 10.3. The van der Waals surface area contributed by atoms with Crippen LogP contribution >= 0.6 is 0 Å². The van der Waals surface area contributed by atoms with Gasteiger partial charge in [0.25, 0.3) is 0 Å². The van der Waals surface area contributed by atoms with Crippen molar-refractivity contribution in [2.75, 3.05) is 24.3 Å². The molecule has 0 bridgehead atoms. The predicted octanol–water partition coefficient (Wildman–Crippen LogP) is 6.63. The molecule has 6 nitrogen and oxygen atoms in total. The number of benzene rings is 1. The van der Waals surface area contributed by atoms with Crippen molar-refractivity contribution in [3.63, 3.8) is 0 Å². The second-order valence-corrected chi connectivity index (χ2v) is 8.39. The van der Waals surface area contributed by atoms with Gasteiger partial charge in [-0.1, -0.05) is 84.0 Å². The quantitative estimate of drug-likeness (QED) is 0.141. The lowest BCUT2D eigenvalue weighted by Crippen LogP contribution is -2.17. The first-order valence-corrected chi connectivity index (χ1v) is 12.5. The van der Waals surface area contributed by atoms with Crippen LogP contribution in [0.1, 0.15) is 104 Å². The number of unbranched alkanes of at least 4 members (excludes halogenated alkanes) is 12. The molecule has 0 heterocycles. The Labute approximate surface area is 194 Å².